The first-order valence-corrected chi connectivity index (χ1v) is 11.2. The number of halogens is 1. The lowest BCUT2D eigenvalue weighted by atomic mass is 9.56. The Bertz CT molecular complexity index is 1430. The van der Waals surface area contributed by atoms with Crippen molar-refractivity contribution in [3.63, 3.8) is 0 Å². The number of Topliss-reactive ketones (excluding diaryl/α,β-unsaturated/α-hetero) is 2. The number of aliphatic hydroxyl groups is 4. The van der Waals surface area contributed by atoms with Crippen molar-refractivity contribution in [3.05, 3.63) is 76.0 Å². The molecule has 10 heteroatoms. The number of primary amides is 1. The van der Waals surface area contributed by atoms with E-state index in [2.05, 4.69) is 0 Å². The molecule has 1 amide bonds. The normalized spacial score (nSPS) is 29.6. The van der Waals surface area contributed by atoms with Crippen molar-refractivity contribution >= 4 is 17.5 Å². The lowest BCUT2D eigenvalue weighted by Crippen LogP contribution is -2.62. The molecule has 3 aliphatic rings. The lowest BCUT2D eigenvalue weighted by Gasteiger charge is -2.50. The predicted octanol–water partition coefficient (Wildman–Crippen LogP) is 1.92. The molecule has 5 rings (SSSR count). The van der Waals surface area contributed by atoms with Crippen LogP contribution in [0.1, 0.15) is 35.2 Å². The van der Waals surface area contributed by atoms with Crippen LogP contribution >= 0.6 is 0 Å². The van der Waals surface area contributed by atoms with Gasteiger partial charge in [0, 0.05) is 23.8 Å². The number of hydrogen-bond donors (Lipinski definition) is 6. The van der Waals surface area contributed by atoms with Gasteiger partial charge in [0.1, 0.15) is 28.7 Å². The summed E-state index contributed by atoms with van der Waals surface area (Å²) < 4.78 is 13.5. The molecule has 9 nitrogen and oxygen atoms in total. The number of aliphatic hydroxyl groups excluding tert-OH is 3. The molecule has 0 aromatic heterocycles. The number of carbonyl (C=O) groups excluding carboxylic acids is 3. The minimum absolute atomic E-state index is 0.201. The molecule has 0 unspecified atom stereocenters. The van der Waals surface area contributed by atoms with Gasteiger partial charge in [-0.1, -0.05) is 25.1 Å². The zero-order valence-electron chi connectivity index (χ0n) is 18.9. The molecule has 0 fully saturated rings. The highest BCUT2D eigenvalue weighted by Crippen LogP contribution is 2.56. The van der Waals surface area contributed by atoms with Crippen LogP contribution in [-0.2, 0) is 9.59 Å². The number of carbonyl (C=O) groups is 3. The quantitative estimate of drug-likeness (QED) is 0.342. The van der Waals surface area contributed by atoms with E-state index in [4.69, 9.17) is 5.73 Å². The summed E-state index contributed by atoms with van der Waals surface area (Å²) in [5.41, 5.74) is 2.03. The maximum Gasteiger partial charge on any atom is 0.255 e. The van der Waals surface area contributed by atoms with E-state index in [-0.39, 0.29) is 5.56 Å². The fraction of sp³-hybridized carbons (Fsp3) is 0.269. The van der Waals surface area contributed by atoms with E-state index in [9.17, 15) is 44.3 Å². The molecule has 36 heavy (non-hydrogen) atoms. The molecule has 2 aromatic carbocycles. The number of ketones is 2. The molecule has 186 valence electrons. The standard InChI is InChI=1S/C26H22FNO8/c1-9-16-12(10-2-4-11(27)5-3-10)6-7-14(29)18(16)22(32)20-17(9)21(31)13-8-15(30)19(25(28)35)23(33)26(13,36)24(20)34/h2-7,9,13,17,21,29-31,34,36H,8H2,1H3,(H2,28,35)/t9-,13+,17+,21+,26+/m0/s1. The number of rotatable bonds is 2. The molecular weight excluding hydrogens is 473 g/mol. The average molecular weight is 495 g/mol. The van der Waals surface area contributed by atoms with Crippen LogP contribution in [0, 0.1) is 17.7 Å². The van der Waals surface area contributed by atoms with E-state index in [0.717, 1.165) is 0 Å². The van der Waals surface area contributed by atoms with Gasteiger partial charge in [-0.25, -0.2) is 4.39 Å². The van der Waals surface area contributed by atoms with Crippen LogP contribution in [0.4, 0.5) is 4.39 Å². The Labute approximate surface area is 203 Å². The third-order valence-electron chi connectivity index (χ3n) is 7.63. The Kier molecular flexibility index (Phi) is 5.10. The van der Waals surface area contributed by atoms with Crippen LogP contribution in [0.25, 0.3) is 11.1 Å². The Morgan fingerprint density at radius 1 is 1.08 bits per heavy atom. The predicted molar refractivity (Wildman–Crippen MR) is 122 cm³/mol. The average Bonchev–Trinajstić information content (AvgIpc) is 2.82. The highest BCUT2D eigenvalue weighted by molar-refractivity contribution is 6.24. The van der Waals surface area contributed by atoms with Gasteiger partial charge in [-0.05, 0) is 40.8 Å². The first kappa shape index (κ1) is 23.7. The van der Waals surface area contributed by atoms with Crippen molar-refractivity contribution in [3.8, 4) is 16.9 Å². The summed E-state index contributed by atoms with van der Waals surface area (Å²) in [7, 11) is 0. The molecule has 3 aliphatic carbocycles. The van der Waals surface area contributed by atoms with E-state index in [0.29, 0.717) is 16.7 Å². The highest BCUT2D eigenvalue weighted by atomic mass is 19.1. The van der Waals surface area contributed by atoms with Crippen molar-refractivity contribution < 1.29 is 44.3 Å². The largest absolute Gasteiger partial charge is 0.511 e. The van der Waals surface area contributed by atoms with Gasteiger partial charge >= 0.3 is 0 Å². The topological polar surface area (TPSA) is 178 Å². The molecule has 7 N–H and O–H groups in total. The maximum atomic E-state index is 13.7. The van der Waals surface area contributed by atoms with Gasteiger partial charge in [0.05, 0.1) is 11.7 Å². The number of benzene rings is 2. The minimum atomic E-state index is -2.89. The number of allylic oxidation sites excluding steroid dienone is 1. The molecule has 2 aromatic rings. The molecule has 0 saturated heterocycles. The summed E-state index contributed by atoms with van der Waals surface area (Å²) in [6.07, 6.45) is -2.19. The molecular formula is C26H22FNO8. The van der Waals surface area contributed by atoms with Crippen molar-refractivity contribution in [1.82, 2.24) is 0 Å². The van der Waals surface area contributed by atoms with E-state index < -0.39 is 87.6 Å². The summed E-state index contributed by atoms with van der Waals surface area (Å²) >= 11 is 0. The fourth-order valence-corrected chi connectivity index (χ4v) is 5.96. The Morgan fingerprint density at radius 2 is 1.72 bits per heavy atom. The van der Waals surface area contributed by atoms with Gasteiger partial charge in [0.25, 0.3) is 5.91 Å². The SMILES string of the molecule is C[C@H]1c2c(-c3ccc(F)cc3)ccc(O)c2C(=O)C2=C(O)[C@]3(O)C(=O)C(C(N)=O)=C(O)C[C@@H]3[C@@H](O)[C@@H]21. The van der Waals surface area contributed by atoms with Crippen LogP contribution < -0.4 is 5.73 Å². The number of hydrogen-bond acceptors (Lipinski definition) is 8. The second-order valence-corrected chi connectivity index (χ2v) is 9.42. The van der Waals surface area contributed by atoms with Gasteiger partial charge < -0.3 is 31.3 Å². The van der Waals surface area contributed by atoms with Crippen molar-refractivity contribution in [2.45, 2.75) is 31.0 Å². The molecule has 0 heterocycles. The second kappa shape index (κ2) is 7.74. The number of phenols is 1. The van der Waals surface area contributed by atoms with Gasteiger partial charge in [-0.2, -0.15) is 0 Å². The fourth-order valence-electron chi connectivity index (χ4n) is 5.96. The van der Waals surface area contributed by atoms with E-state index >= 15 is 0 Å². The summed E-state index contributed by atoms with van der Waals surface area (Å²) in [6.45, 7) is 1.64. The van der Waals surface area contributed by atoms with Crippen molar-refractivity contribution in [1.29, 1.82) is 0 Å². The van der Waals surface area contributed by atoms with Crippen LogP contribution in [0.2, 0.25) is 0 Å². The van der Waals surface area contributed by atoms with Gasteiger partial charge in [0.15, 0.2) is 11.4 Å². The zero-order chi connectivity index (χ0) is 26.3. The number of nitrogens with two attached hydrogens (primary N) is 1. The number of phenolic OH excluding ortho intramolecular Hbond substituents is 1. The third-order valence-corrected chi connectivity index (χ3v) is 7.63. The maximum absolute atomic E-state index is 13.7. The molecule has 0 bridgehead atoms. The first-order valence-electron chi connectivity index (χ1n) is 11.2. The Balaban J connectivity index is 1.77. The van der Waals surface area contributed by atoms with Crippen LogP contribution in [0.15, 0.2) is 59.1 Å². The molecule has 5 atom stereocenters. The highest BCUT2D eigenvalue weighted by Gasteiger charge is 2.64. The van der Waals surface area contributed by atoms with Gasteiger partial charge in [-0.15, -0.1) is 0 Å². The van der Waals surface area contributed by atoms with Gasteiger partial charge in [-0.3, -0.25) is 14.4 Å². The third kappa shape index (κ3) is 2.91. The summed E-state index contributed by atoms with van der Waals surface area (Å²) in [5.74, 6) is -9.79. The minimum Gasteiger partial charge on any atom is -0.511 e. The van der Waals surface area contributed by atoms with E-state index in [1.165, 1.54) is 30.3 Å². The summed E-state index contributed by atoms with van der Waals surface area (Å²) in [6, 6.07) is 8.25. The summed E-state index contributed by atoms with van der Waals surface area (Å²) in [5, 5.41) is 54.8. The Morgan fingerprint density at radius 3 is 2.33 bits per heavy atom. The smallest absolute Gasteiger partial charge is 0.255 e. The number of fused-ring (bicyclic) bond motifs is 3. The summed E-state index contributed by atoms with van der Waals surface area (Å²) in [4.78, 5) is 38.5. The molecule has 0 spiro atoms. The van der Waals surface area contributed by atoms with Crippen LogP contribution in [-0.4, -0.2) is 54.7 Å². The van der Waals surface area contributed by atoms with Crippen molar-refractivity contribution in [2.24, 2.45) is 17.6 Å². The van der Waals surface area contributed by atoms with Crippen molar-refractivity contribution in [2.75, 3.05) is 0 Å². The Hall–Kier alpha value is -4.02. The molecule has 0 aliphatic heterocycles. The monoisotopic (exact) mass is 495 g/mol. The molecule has 0 radical (unpaired) electrons. The van der Waals surface area contributed by atoms with E-state index in [1.54, 1.807) is 13.0 Å². The van der Waals surface area contributed by atoms with E-state index in [1.807, 2.05) is 0 Å². The first-order chi connectivity index (χ1) is 16.9. The number of amides is 1. The van der Waals surface area contributed by atoms with Gasteiger partial charge in [0.2, 0.25) is 5.78 Å². The lowest BCUT2D eigenvalue weighted by molar-refractivity contribution is -0.154. The van der Waals surface area contributed by atoms with Crippen LogP contribution in [0.5, 0.6) is 5.75 Å². The van der Waals surface area contributed by atoms with Crippen LogP contribution in [0.3, 0.4) is 0 Å². The second-order valence-electron chi connectivity index (χ2n) is 9.42. The number of aromatic hydroxyl groups is 1. The zero-order valence-corrected chi connectivity index (χ0v) is 18.9. The molecule has 0 saturated carbocycles.